The highest BCUT2D eigenvalue weighted by atomic mass is 32.1. The molecule has 1 N–H and O–H groups in total. The van der Waals surface area contributed by atoms with Crippen LogP contribution in [-0.4, -0.2) is 24.0 Å². The van der Waals surface area contributed by atoms with Crippen LogP contribution in [0.5, 0.6) is 0 Å². The van der Waals surface area contributed by atoms with Crippen molar-refractivity contribution in [3.8, 4) is 0 Å². The maximum atomic E-state index is 11.7. The molecule has 2 heterocycles. The lowest BCUT2D eigenvalue weighted by atomic mass is 10.3. The highest BCUT2D eigenvalue weighted by Gasteiger charge is 2.17. The molecule has 18 heavy (non-hydrogen) atoms. The van der Waals surface area contributed by atoms with E-state index in [4.69, 9.17) is 4.42 Å². The summed E-state index contributed by atoms with van der Waals surface area (Å²) in [7, 11) is 1.30. The van der Waals surface area contributed by atoms with Gasteiger partial charge < -0.3 is 9.15 Å². The fourth-order valence-corrected chi connectivity index (χ4v) is 2.17. The Bertz CT molecular complexity index is 574. The molecule has 0 aromatic carbocycles. The minimum Gasteiger partial charge on any atom is -0.472 e. The van der Waals surface area contributed by atoms with Gasteiger partial charge in [0.25, 0.3) is 5.91 Å². The third-order valence-electron chi connectivity index (χ3n) is 2.17. The average Bonchev–Trinajstić information content (AvgIpc) is 2.97. The van der Waals surface area contributed by atoms with Crippen molar-refractivity contribution in [2.75, 3.05) is 12.4 Å². The van der Waals surface area contributed by atoms with Crippen LogP contribution in [0.25, 0.3) is 0 Å². The molecule has 0 radical (unpaired) electrons. The number of nitrogens with zero attached hydrogens (tertiary/aromatic N) is 1. The van der Waals surface area contributed by atoms with E-state index in [1.165, 1.54) is 25.7 Å². The Balaban J connectivity index is 2.16. The summed E-state index contributed by atoms with van der Waals surface area (Å²) in [4.78, 5) is 27.6. The number of aryl methyl sites for hydroxylation is 1. The van der Waals surface area contributed by atoms with Gasteiger partial charge in [-0.05, 0) is 13.0 Å². The van der Waals surface area contributed by atoms with Crippen molar-refractivity contribution in [1.29, 1.82) is 0 Å². The topological polar surface area (TPSA) is 81.4 Å². The number of anilines is 1. The summed E-state index contributed by atoms with van der Waals surface area (Å²) in [5.41, 5.74) is 0.914. The molecule has 0 aliphatic carbocycles. The normalized spacial score (nSPS) is 10.1. The number of furan rings is 1. The standard InChI is InChI=1S/C11H10N2O4S/c1-6-8(10(15)16-2)18-11(12-6)13-9(14)7-3-4-17-5-7/h3-5H,1-2H3,(H,12,13,14). The van der Waals surface area contributed by atoms with E-state index in [0.29, 0.717) is 21.3 Å². The van der Waals surface area contributed by atoms with Crippen molar-refractivity contribution >= 4 is 28.3 Å². The second-order valence-electron chi connectivity index (χ2n) is 3.39. The largest absolute Gasteiger partial charge is 0.472 e. The molecule has 0 atom stereocenters. The van der Waals surface area contributed by atoms with Crippen molar-refractivity contribution in [3.63, 3.8) is 0 Å². The number of methoxy groups -OCH3 is 1. The van der Waals surface area contributed by atoms with Gasteiger partial charge in [0.15, 0.2) is 5.13 Å². The number of aromatic nitrogens is 1. The number of thiazole rings is 1. The Kier molecular flexibility index (Phi) is 3.42. The van der Waals surface area contributed by atoms with Crippen LogP contribution in [0.1, 0.15) is 25.7 Å². The monoisotopic (exact) mass is 266 g/mol. The summed E-state index contributed by atoms with van der Waals surface area (Å²) >= 11 is 1.07. The quantitative estimate of drug-likeness (QED) is 0.860. The van der Waals surface area contributed by atoms with E-state index in [9.17, 15) is 9.59 Å². The number of carbonyl (C=O) groups is 2. The summed E-state index contributed by atoms with van der Waals surface area (Å²) in [5.74, 6) is -0.803. The third-order valence-corrected chi connectivity index (χ3v) is 3.22. The number of ether oxygens (including phenoxy) is 1. The maximum Gasteiger partial charge on any atom is 0.350 e. The van der Waals surface area contributed by atoms with Gasteiger partial charge in [0.2, 0.25) is 0 Å². The van der Waals surface area contributed by atoms with Crippen molar-refractivity contribution in [2.45, 2.75) is 6.92 Å². The predicted octanol–water partition coefficient (Wildman–Crippen LogP) is 2.08. The van der Waals surface area contributed by atoms with E-state index in [1.54, 1.807) is 6.92 Å². The lowest BCUT2D eigenvalue weighted by molar-refractivity contribution is 0.0605. The van der Waals surface area contributed by atoms with Gasteiger partial charge in [0, 0.05) is 0 Å². The van der Waals surface area contributed by atoms with Crippen LogP contribution in [0, 0.1) is 6.92 Å². The first kappa shape index (κ1) is 12.3. The van der Waals surface area contributed by atoms with Gasteiger partial charge in [-0.25, -0.2) is 9.78 Å². The minimum atomic E-state index is -0.464. The van der Waals surface area contributed by atoms with Crippen LogP contribution in [0.2, 0.25) is 0 Å². The van der Waals surface area contributed by atoms with E-state index < -0.39 is 5.97 Å². The van der Waals surface area contributed by atoms with Crippen molar-refractivity contribution in [2.24, 2.45) is 0 Å². The zero-order valence-electron chi connectivity index (χ0n) is 9.72. The van der Waals surface area contributed by atoms with Crippen LogP contribution < -0.4 is 5.32 Å². The molecule has 0 fully saturated rings. The van der Waals surface area contributed by atoms with Crippen LogP contribution in [0.15, 0.2) is 23.0 Å². The maximum absolute atomic E-state index is 11.7. The highest BCUT2D eigenvalue weighted by molar-refractivity contribution is 7.17. The summed E-state index contributed by atoms with van der Waals surface area (Å²) < 4.78 is 9.42. The Labute approximate surface area is 107 Å². The zero-order chi connectivity index (χ0) is 13.1. The summed E-state index contributed by atoms with van der Waals surface area (Å²) in [6.07, 6.45) is 2.74. The van der Waals surface area contributed by atoms with E-state index in [2.05, 4.69) is 15.0 Å². The molecule has 0 aliphatic rings. The molecule has 0 saturated heterocycles. The Morgan fingerprint density at radius 2 is 2.28 bits per heavy atom. The minimum absolute atomic E-state index is 0.339. The number of nitrogens with one attached hydrogen (secondary N) is 1. The fraction of sp³-hybridized carbons (Fsp3) is 0.182. The zero-order valence-corrected chi connectivity index (χ0v) is 10.5. The van der Waals surface area contributed by atoms with Gasteiger partial charge in [-0.2, -0.15) is 0 Å². The molecule has 1 amide bonds. The van der Waals surface area contributed by atoms with Gasteiger partial charge in [-0.1, -0.05) is 11.3 Å². The third kappa shape index (κ3) is 2.40. The first-order valence-electron chi connectivity index (χ1n) is 5.01. The number of amides is 1. The molecular formula is C11H10N2O4S. The molecular weight excluding hydrogens is 256 g/mol. The number of hydrogen-bond acceptors (Lipinski definition) is 6. The number of rotatable bonds is 3. The summed E-state index contributed by atoms with van der Waals surface area (Å²) in [6.45, 7) is 1.68. The van der Waals surface area contributed by atoms with Gasteiger partial charge >= 0.3 is 5.97 Å². The first-order chi connectivity index (χ1) is 8.61. The van der Waals surface area contributed by atoms with Crippen molar-refractivity contribution < 1.29 is 18.7 Å². The van der Waals surface area contributed by atoms with Crippen LogP contribution in [-0.2, 0) is 4.74 Å². The molecule has 2 rings (SSSR count). The SMILES string of the molecule is COC(=O)c1sc(NC(=O)c2ccoc2)nc1C. The summed E-state index contributed by atoms with van der Waals surface area (Å²) in [6, 6.07) is 1.54. The molecule has 94 valence electrons. The Hall–Kier alpha value is -2.15. The van der Waals surface area contributed by atoms with Crippen LogP contribution in [0.3, 0.4) is 0 Å². The number of hydrogen-bond donors (Lipinski definition) is 1. The second kappa shape index (κ2) is 5.01. The number of carbonyl (C=O) groups excluding carboxylic acids is 2. The fourth-order valence-electron chi connectivity index (χ4n) is 1.29. The Morgan fingerprint density at radius 3 is 2.89 bits per heavy atom. The lowest BCUT2D eigenvalue weighted by Crippen LogP contribution is -2.10. The van der Waals surface area contributed by atoms with E-state index in [0.717, 1.165) is 11.3 Å². The van der Waals surface area contributed by atoms with E-state index >= 15 is 0 Å². The molecule has 0 unspecified atom stereocenters. The first-order valence-corrected chi connectivity index (χ1v) is 5.82. The number of esters is 1. The van der Waals surface area contributed by atoms with Gasteiger partial charge in [-0.3, -0.25) is 10.1 Å². The molecule has 7 heteroatoms. The van der Waals surface area contributed by atoms with Gasteiger partial charge in [-0.15, -0.1) is 0 Å². The van der Waals surface area contributed by atoms with Gasteiger partial charge in [0.1, 0.15) is 11.1 Å². The molecule has 0 saturated carbocycles. The molecule has 2 aromatic heterocycles. The van der Waals surface area contributed by atoms with Crippen LogP contribution in [0.4, 0.5) is 5.13 Å². The molecule has 0 spiro atoms. The van der Waals surface area contributed by atoms with E-state index in [-0.39, 0.29) is 5.91 Å². The Morgan fingerprint density at radius 1 is 1.50 bits per heavy atom. The van der Waals surface area contributed by atoms with Crippen molar-refractivity contribution in [1.82, 2.24) is 4.98 Å². The molecule has 0 aliphatic heterocycles. The smallest absolute Gasteiger partial charge is 0.350 e. The molecule has 0 bridgehead atoms. The van der Waals surface area contributed by atoms with Crippen LogP contribution >= 0.6 is 11.3 Å². The molecule has 2 aromatic rings. The predicted molar refractivity (Wildman–Crippen MR) is 64.9 cm³/mol. The highest BCUT2D eigenvalue weighted by Crippen LogP contribution is 2.23. The van der Waals surface area contributed by atoms with Crippen molar-refractivity contribution in [3.05, 3.63) is 34.7 Å². The van der Waals surface area contributed by atoms with Gasteiger partial charge in [0.05, 0.1) is 24.6 Å². The molecule has 6 nitrogen and oxygen atoms in total. The average molecular weight is 266 g/mol. The second-order valence-corrected chi connectivity index (χ2v) is 4.39. The summed E-state index contributed by atoms with van der Waals surface area (Å²) in [5, 5.41) is 2.93. The van der Waals surface area contributed by atoms with E-state index in [1.807, 2.05) is 0 Å². The lowest BCUT2D eigenvalue weighted by Gasteiger charge is -1.96.